The van der Waals surface area contributed by atoms with Crippen molar-refractivity contribution in [1.82, 2.24) is 10.3 Å². The van der Waals surface area contributed by atoms with Crippen molar-refractivity contribution in [3.63, 3.8) is 0 Å². The summed E-state index contributed by atoms with van der Waals surface area (Å²) in [4.78, 5) is 16.5. The van der Waals surface area contributed by atoms with Crippen molar-refractivity contribution in [2.45, 2.75) is 50.4 Å². The lowest BCUT2D eigenvalue weighted by Crippen LogP contribution is -2.51. The number of esters is 1. The lowest BCUT2D eigenvalue weighted by molar-refractivity contribution is -0.202. The van der Waals surface area contributed by atoms with Crippen molar-refractivity contribution >= 4 is 17.6 Å². The van der Waals surface area contributed by atoms with Crippen LogP contribution in [0.4, 0.5) is 30.7 Å². The van der Waals surface area contributed by atoms with Crippen LogP contribution >= 0.6 is 11.6 Å². The van der Waals surface area contributed by atoms with Gasteiger partial charge in [-0.25, -0.2) is 4.39 Å². The van der Waals surface area contributed by atoms with Crippen molar-refractivity contribution < 1.29 is 45.4 Å². The Morgan fingerprint density at radius 2 is 1.74 bits per heavy atom. The Bertz CT molecular complexity index is 997. The minimum atomic E-state index is -5.09. The van der Waals surface area contributed by atoms with Gasteiger partial charge in [-0.05, 0) is 49.7 Å². The highest BCUT2D eigenvalue weighted by molar-refractivity contribution is 6.30. The highest BCUT2D eigenvalue weighted by Crippen LogP contribution is 2.38. The number of nitrogens with one attached hydrogen (secondary N) is 1. The van der Waals surface area contributed by atoms with Gasteiger partial charge < -0.3 is 9.84 Å². The summed E-state index contributed by atoms with van der Waals surface area (Å²) in [7, 11) is 0. The second kappa shape index (κ2) is 10.4. The molecule has 2 atom stereocenters. The van der Waals surface area contributed by atoms with Crippen molar-refractivity contribution in [2.24, 2.45) is 0 Å². The number of aliphatic hydroxyl groups excluding tert-OH is 1. The van der Waals surface area contributed by atoms with Crippen molar-refractivity contribution in [3.8, 4) is 0 Å². The zero-order valence-corrected chi connectivity index (χ0v) is 18.5. The maximum atomic E-state index is 14.3. The molecule has 1 unspecified atom stereocenters. The number of pyridine rings is 1. The zero-order valence-electron chi connectivity index (χ0n) is 17.8. The predicted molar refractivity (Wildman–Crippen MR) is 107 cm³/mol. The van der Waals surface area contributed by atoms with Crippen LogP contribution in [-0.2, 0) is 21.2 Å². The minimum absolute atomic E-state index is 0.0768. The van der Waals surface area contributed by atoms with Gasteiger partial charge in [0.2, 0.25) is 0 Å². The Balaban J connectivity index is 2.77. The van der Waals surface area contributed by atoms with Crippen molar-refractivity contribution in [3.05, 3.63) is 64.2 Å². The number of ether oxygens (including phenoxy) is 1. The number of aliphatic hydroxyl groups is 1. The molecule has 2 aromatic rings. The summed E-state index contributed by atoms with van der Waals surface area (Å²) >= 11 is 5.81. The van der Waals surface area contributed by atoms with E-state index in [9.17, 15) is 40.6 Å². The van der Waals surface area contributed by atoms with Gasteiger partial charge in [0.25, 0.3) is 0 Å². The second-order valence-corrected chi connectivity index (χ2v) is 8.08. The Labute approximate surface area is 194 Å². The predicted octanol–water partition coefficient (Wildman–Crippen LogP) is 4.99. The van der Waals surface area contributed by atoms with Crippen LogP contribution < -0.4 is 5.32 Å². The molecule has 0 aliphatic heterocycles. The van der Waals surface area contributed by atoms with Crippen LogP contribution in [0, 0.1) is 5.82 Å². The SMILES string of the molecule is CC(C)OC(=O)CC(NC[C@@H](O)C(F)(F)F)(c1cc(F)cc(C(F)(F)F)c1)c1ccc(Cl)cn1. The third kappa shape index (κ3) is 7.03. The van der Waals surface area contributed by atoms with E-state index in [1.807, 2.05) is 0 Å². The second-order valence-electron chi connectivity index (χ2n) is 7.65. The van der Waals surface area contributed by atoms with E-state index < -0.39 is 66.0 Å². The maximum absolute atomic E-state index is 14.3. The van der Waals surface area contributed by atoms with Crippen LogP contribution in [0.2, 0.25) is 5.02 Å². The van der Waals surface area contributed by atoms with Crippen LogP contribution in [0.15, 0.2) is 36.5 Å². The van der Waals surface area contributed by atoms with Crippen LogP contribution in [0.3, 0.4) is 0 Å². The van der Waals surface area contributed by atoms with Gasteiger partial charge in [0.05, 0.1) is 34.3 Å². The van der Waals surface area contributed by atoms with Gasteiger partial charge in [-0.2, -0.15) is 26.3 Å². The Hall–Kier alpha value is -2.44. The van der Waals surface area contributed by atoms with E-state index in [4.69, 9.17) is 16.3 Å². The molecule has 0 amide bonds. The lowest BCUT2D eigenvalue weighted by atomic mass is 9.81. The monoisotopic (exact) mass is 516 g/mol. The first-order valence-corrected chi connectivity index (χ1v) is 10.1. The lowest BCUT2D eigenvalue weighted by Gasteiger charge is -2.36. The third-order valence-electron chi connectivity index (χ3n) is 4.63. The van der Waals surface area contributed by atoms with E-state index in [1.165, 1.54) is 19.9 Å². The molecule has 34 heavy (non-hydrogen) atoms. The summed E-state index contributed by atoms with van der Waals surface area (Å²) < 4.78 is 98.5. The number of nitrogens with zero attached hydrogens (tertiary/aromatic N) is 1. The summed E-state index contributed by atoms with van der Waals surface area (Å²) in [5.74, 6) is -2.39. The van der Waals surface area contributed by atoms with Gasteiger partial charge in [-0.1, -0.05) is 11.6 Å². The average Bonchev–Trinajstić information content (AvgIpc) is 2.69. The molecule has 1 heterocycles. The van der Waals surface area contributed by atoms with E-state index >= 15 is 0 Å². The number of halogens is 8. The van der Waals surface area contributed by atoms with Crippen LogP contribution in [0.25, 0.3) is 0 Å². The van der Waals surface area contributed by atoms with Crippen LogP contribution in [0.1, 0.15) is 37.1 Å². The van der Waals surface area contributed by atoms with Gasteiger partial charge in [-0.3, -0.25) is 15.1 Å². The molecule has 0 aliphatic rings. The fraction of sp³-hybridized carbons (Fsp3) is 0.429. The first-order valence-electron chi connectivity index (χ1n) is 9.74. The van der Waals surface area contributed by atoms with Gasteiger partial charge in [-0.15, -0.1) is 0 Å². The molecule has 0 saturated heterocycles. The molecule has 0 fully saturated rings. The smallest absolute Gasteiger partial charge is 0.416 e. The standard InChI is InChI=1S/C21H20ClF7N2O3/c1-11(2)34-18(33)8-19(16-4-3-14(22)9-30-16,31-10-17(32)21(27,28)29)12-5-13(20(24,25)26)7-15(23)6-12/h3-7,9,11,17,31-32H,8,10H2,1-2H3/t17-,19?/m1/s1. The number of benzene rings is 1. The Morgan fingerprint density at radius 3 is 2.24 bits per heavy atom. The molecule has 0 radical (unpaired) electrons. The molecular weight excluding hydrogens is 497 g/mol. The molecule has 0 aliphatic carbocycles. The number of alkyl halides is 6. The topological polar surface area (TPSA) is 71.5 Å². The number of carbonyl (C=O) groups is 1. The summed E-state index contributed by atoms with van der Waals surface area (Å²) in [5, 5.41) is 11.9. The number of aromatic nitrogens is 1. The van der Waals surface area contributed by atoms with Crippen molar-refractivity contribution in [1.29, 1.82) is 0 Å². The van der Waals surface area contributed by atoms with Gasteiger partial charge in [0.15, 0.2) is 6.10 Å². The largest absolute Gasteiger partial charge is 0.463 e. The Morgan fingerprint density at radius 1 is 1.12 bits per heavy atom. The van der Waals surface area contributed by atoms with Crippen molar-refractivity contribution in [2.75, 3.05) is 6.54 Å². The van der Waals surface area contributed by atoms with E-state index in [2.05, 4.69) is 10.3 Å². The third-order valence-corrected chi connectivity index (χ3v) is 4.86. The van der Waals surface area contributed by atoms with Crippen LogP contribution in [-0.4, -0.2) is 41.0 Å². The fourth-order valence-corrected chi connectivity index (χ4v) is 3.24. The Kier molecular flexibility index (Phi) is 8.54. The molecule has 188 valence electrons. The minimum Gasteiger partial charge on any atom is -0.463 e. The molecule has 0 saturated carbocycles. The number of rotatable bonds is 8. The molecule has 1 aromatic carbocycles. The molecule has 1 aromatic heterocycles. The summed E-state index contributed by atoms with van der Waals surface area (Å²) in [6, 6.07) is 3.69. The van der Waals surface area contributed by atoms with Gasteiger partial charge in [0, 0.05) is 12.7 Å². The van der Waals surface area contributed by atoms with E-state index in [1.54, 1.807) is 0 Å². The maximum Gasteiger partial charge on any atom is 0.416 e. The molecule has 2 N–H and O–H groups in total. The molecule has 0 bridgehead atoms. The number of hydrogen-bond donors (Lipinski definition) is 2. The molecule has 2 rings (SSSR count). The number of carbonyl (C=O) groups excluding carboxylic acids is 1. The van der Waals surface area contributed by atoms with E-state index in [0.717, 1.165) is 12.3 Å². The number of hydrogen-bond acceptors (Lipinski definition) is 5. The highest BCUT2D eigenvalue weighted by Gasteiger charge is 2.44. The molecule has 0 spiro atoms. The summed E-state index contributed by atoms with van der Waals surface area (Å²) in [5.41, 5.74) is -4.53. The quantitative estimate of drug-likeness (QED) is 0.382. The summed E-state index contributed by atoms with van der Waals surface area (Å²) in [6.07, 6.45) is -13.6. The average molecular weight is 517 g/mol. The van der Waals surface area contributed by atoms with Gasteiger partial charge in [0.1, 0.15) is 5.82 Å². The molecule has 5 nitrogen and oxygen atoms in total. The van der Waals surface area contributed by atoms with Crippen LogP contribution in [0.5, 0.6) is 0 Å². The molecular formula is C21H20ClF7N2O3. The normalized spacial score (nSPS) is 15.2. The summed E-state index contributed by atoms with van der Waals surface area (Å²) in [6.45, 7) is 1.69. The highest BCUT2D eigenvalue weighted by atomic mass is 35.5. The van der Waals surface area contributed by atoms with Gasteiger partial charge >= 0.3 is 18.3 Å². The fourth-order valence-electron chi connectivity index (χ4n) is 3.13. The first-order chi connectivity index (χ1) is 15.5. The molecule has 13 heteroatoms. The first kappa shape index (κ1) is 27.8. The zero-order chi connectivity index (χ0) is 25.9. The van der Waals surface area contributed by atoms with E-state index in [-0.39, 0.29) is 16.8 Å². The van der Waals surface area contributed by atoms with E-state index in [0.29, 0.717) is 12.1 Å².